The monoisotopic (exact) mass is 394 g/mol. The summed E-state index contributed by atoms with van der Waals surface area (Å²) in [4.78, 5) is 37.0. The van der Waals surface area contributed by atoms with Crippen molar-refractivity contribution in [2.75, 3.05) is 32.8 Å². The maximum Gasteiger partial charge on any atom is 0.303 e. The van der Waals surface area contributed by atoms with Gasteiger partial charge in [0.2, 0.25) is 11.8 Å². The fraction of sp³-hybridized carbons (Fsp3) is 0.762. The van der Waals surface area contributed by atoms with Crippen molar-refractivity contribution in [2.24, 2.45) is 23.7 Å². The van der Waals surface area contributed by atoms with E-state index in [9.17, 15) is 14.4 Å². The van der Waals surface area contributed by atoms with E-state index in [2.05, 4.69) is 32.2 Å². The molecular weight excluding hydrogens is 360 g/mol. The molecule has 158 valence electrons. The van der Waals surface area contributed by atoms with Gasteiger partial charge in [-0.25, -0.2) is 0 Å². The Labute approximate surface area is 167 Å². The number of morpholine rings is 1. The van der Waals surface area contributed by atoms with E-state index in [1.54, 1.807) is 0 Å². The second kappa shape index (κ2) is 10.6. The predicted molar refractivity (Wildman–Crippen MR) is 106 cm³/mol. The fourth-order valence-electron chi connectivity index (χ4n) is 4.20. The van der Waals surface area contributed by atoms with Gasteiger partial charge in [-0.1, -0.05) is 25.5 Å². The van der Waals surface area contributed by atoms with Crippen LogP contribution in [0.15, 0.2) is 11.6 Å². The summed E-state index contributed by atoms with van der Waals surface area (Å²) >= 11 is 0. The summed E-state index contributed by atoms with van der Waals surface area (Å²) < 4.78 is 5.33. The molecule has 7 heteroatoms. The zero-order chi connectivity index (χ0) is 20.7. The molecule has 0 saturated carbocycles. The highest BCUT2D eigenvalue weighted by Crippen LogP contribution is 2.39. The van der Waals surface area contributed by atoms with E-state index in [1.165, 1.54) is 5.57 Å². The van der Waals surface area contributed by atoms with Gasteiger partial charge in [0.15, 0.2) is 0 Å². The maximum absolute atomic E-state index is 12.7. The SMILES string of the molecule is CC1=CC(CNC(=O)CCC(=O)O)C(C(C)C)CC1CC(=O)N1CCOCC1. The molecule has 1 aliphatic carbocycles. The molecule has 2 rings (SSSR count). The highest BCUT2D eigenvalue weighted by atomic mass is 16.5. The molecule has 2 aliphatic rings. The number of amides is 2. The van der Waals surface area contributed by atoms with Crippen LogP contribution in [0.3, 0.4) is 0 Å². The van der Waals surface area contributed by atoms with Gasteiger partial charge in [-0.15, -0.1) is 0 Å². The summed E-state index contributed by atoms with van der Waals surface area (Å²) in [6.07, 6.45) is 3.54. The van der Waals surface area contributed by atoms with Gasteiger partial charge in [0, 0.05) is 32.5 Å². The first-order valence-corrected chi connectivity index (χ1v) is 10.3. The normalized spacial score (nSPS) is 25.4. The van der Waals surface area contributed by atoms with Crippen LogP contribution in [0.1, 0.15) is 46.5 Å². The van der Waals surface area contributed by atoms with Gasteiger partial charge in [0.1, 0.15) is 0 Å². The van der Waals surface area contributed by atoms with Crippen LogP contribution in [0.2, 0.25) is 0 Å². The van der Waals surface area contributed by atoms with E-state index in [4.69, 9.17) is 9.84 Å². The molecule has 2 N–H and O–H groups in total. The third kappa shape index (κ3) is 6.62. The van der Waals surface area contributed by atoms with Crippen LogP contribution < -0.4 is 5.32 Å². The molecule has 1 fully saturated rings. The molecule has 28 heavy (non-hydrogen) atoms. The van der Waals surface area contributed by atoms with Gasteiger partial charge in [0.05, 0.1) is 19.6 Å². The third-order valence-electron chi connectivity index (χ3n) is 5.97. The minimum atomic E-state index is -0.962. The number of carboxylic acids is 1. The van der Waals surface area contributed by atoms with Gasteiger partial charge >= 0.3 is 5.97 Å². The number of aliphatic carboxylic acids is 1. The van der Waals surface area contributed by atoms with E-state index in [-0.39, 0.29) is 36.5 Å². The van der Waals surface area contributed by atoms with E-state index in [0.717, 1.165) is 6.42 Å². The molecule has 2 amide bonds. The first-order chi connectivity index (χ1) is 13.3. The Bertz CT molecular complexity index is 596. The molecule has 3 unspecified atom stereocenters. The molecule has 1 aliphatic heterocycles. The van der Waals surface area contributed by atoms with E-state index >= 15 is 0 Å². The average molecular weight is 395 g/mol. The van der Waals surface area contributed by atoms with Crippen LogP contribution in [0, 0.1) is 23.7 Å². The van der Waals surface area contributed by atoms with Gasteiger partial charge in [-0.3, -0.25) is 14.4 Å². The topological polar surface area (TPSA) is 95.9 Å². The number of carbonyl (C=O) groups excluding carboxylic acids is 2. The Balaban J connectivity index is 1.95. The average Bonchev–Trinajstić information content (AvgIpc) is 2.66. The first kappa shape index (κ1) is 22.4. The van der Waals surface area contributed by atoms with Crippen LogP contribution in [-0.2, 0) is 19.1 Å². The van der Waals surface area contributed by atoms with Crippen molar-refractivity contribution in [2.45, 2.75) is 46.5 Å². The van der Waals surface area contributed by atoms with Crippen LogP contribution in [0.25, 0.3) is 0 Å². The number of allylic oxidation sites excluding steroid dienone is 1. The molecule has 0 radical (unpaired) electrons. The van der Waals surface area contributed by atoms with Crippen LogP contribution in [-0.4, -0.2) is 60.6 Å². The summed E-state index contributed by atoms with van der Waals surface area (Å²) in [5.41, 5.74) is 1.21. The second-order valence-electron chi connectivity index (χ2n) is 8.31. The largest absolute Gasteiger partial charge is 0.481 e. The molecule has 0 aromatic rings. The number of carboxylic acid groups (broad SMARTS) is 1. The van der Waals surface area contributed by atoms with Crippen molar-refractivity contribution in [1.29, 1.82) is 0 Å². The molecule has 0 spiro atoms. The highest BCUT2D eigenvalue weighted by molar-refractivity contribution is 5.80. The lowest BCUT2D eigenvalue weighted by molar-refractivity contribution is -0.139. The number of rotatable bonds is 8. The standard InChI is InChI=1S/C21H34N2O5/c1-14(2)18-11-16(12-20(25)23-6-8-28-9-7-23)15(3)10-17(18)13-22-19(24)4-5-21(26)27/h10,14,16-18H,4-9,11-13H2,1-3H3,(H,22,24)(H,26,27). The smallest absolute Gasteiger partial charge is 0.303 e. The van der Waals surface area contributed by atoms with Crippen LogP contribution in [0.5, 0.6) is 0 Å². The van der Waals surface area contributed by atoms with E-state index < -0.39 is 5.97 Å². The summed E-state index contributed by atoms with van der Waals surface area (Å²) in [6.45, 7) is 9.53. The van der Waals surface area contributed by atoms with Gasteiger partial charge in [0.25, 0.3) is 0 Å². The fourth-order valence-corrected chi connectivity index (χ4v) is 4.20. The highest BCUT2D eigenvalue weighted by Gasteiger charge is 2.33. The lowest BCUT2D eigenvalue weighted by Crippen LogP contribution is -2.42. The van der Waals surface area contributed by atoms with Gasteiger partial charge in [-0.2, -0.15) is 0 Å². The van der Waals surface area contributed by atoms with Crippen molar-refractivity contribution in [3.8, 4) is 0 Å². The third-order valence-corrected chi connectivity index (χ3v) is 5.97. The van der Waals surface area contributed by atoms with Crippen LogP contribution in [0.4, 0.5) is 0 Å². The molecule has 0 aromatic heterocycles. The Morgan fingerprint density at radius 3 is 2.54 bits per heavy atom. The number of nitrogens with one attached hydrogen (secondary N) is 1. The number of ether oxygens (including phenoxy) is 1. The molecule has 0 bridgehead atoms. The number of hydrogen-bond acceptors (Lipinski definition) is 4. The molecule has 0 aromatic carbocycles. The summed E-state index contributed by atoms with van der Waals surface area (Å²) in [6, 6.07) is 0. The van der Waals surface area contributed by atoms with Gasteiger partial charge < -0.3 is 20.1 Å². The molecule has 1 saturated heterocycles. The zero-order valence-electron chi connectivity index (χ0n) is 17.3. The number of nitrogens with zero attached hydrogens (tertiary/aromatic N) is 1. The van der Waals surface area contributed by atoms with Crippen molar-refractivity contribution >= 4 is 17.8 Å². The van der Waals surface area contributed by atoms with Crippen molar-refractivity contribution < 1.29 is 24.2 Å². The van der Waals surface area contributed by atoms with Crippen molar-refractivity contribution in [3.05, 3.63) is 11.6 Å². The van der Waals surface area contributed by atoms with E-state index in [0.29, 0.717) is 51.1 Å². The number of hydrogen-bond donors (Lipinski definition) is 2. The molecule has 7 nitrogen and oxygen atoms in total. The van der Waals surface area contributed by atoms with Crippen molar-refractivity contribution in [1.82, 2.24) is 10.2 Å². The van der Waals surface area contributed by atoms with Crippen molar-refractivity contribution in [3.63, 3.8) is 0 Å². The minimum Gasteiger partial charge on any atom is -0.481 e. The molecular formula is C21H34N2O5. The minimum absolute atomic E-state index is 0.00771. The summed E-state index contributed by atoms with van der Waals surface area (Å²) in [5.74, 6) is 0.281. The Morgan fingerprint density at radius 2 is 1.93 bits per heavy atom. The Kier molecular flexibility index (Phi) is 8.48. The first-order valence-electron chi connectivity index (χ1n) is 10.3. The van der Waals surface area contributed by atoms with Crippen LogP contribution >= 0.6 is 0 Å². The maximum atomic E-state index is 12.7. The molecule has 3 atom stereocenters. The van der Waals surface area contributed by atoms with E-state index in [1.807, 2.05) is 4.90 Å². The summed E-state index contributed by atoms with van der Waals surface area (Å²) in [5, 5.41) is 11.6. The zero-order valence-corrected chi connectivity index (χ0v) is 17.3. The Morgan fingerprint density at radius 1 is 1.25 bits per heavy atom. The second-order valence-corrected chi connectivity index (χ2v) is 8.31. The number of carbonyl (C=O) groups is 3. The van der Waals surface area contributed by atoms with Gasteiger partial charge in [-0.05, 0) is 37.0 Å². The molecule has 1 heterocycles. The quantitative estimate of drug-likeness (QED) is 0.615. The lowest BCUT2D eigenvalue weighted by atomic mass is 9.69. The summed E-state index contributed by atoms with van der Waals surface area (Å²) in [7, 11) is 0. The Hall–Kier alpha value is -1.89. The lowest BCUT2D eigenvalue weighted by Gasteiger charge is -2.38. The predicted octanol–water partition coefficient (Wildman–Crippen LogP) is 2.07.